The van der Waals surface area contributed by atoms with Crippen molar-refractivity contribution in [2.75, 3.05) is 54.3 Å². The van der Waals surface area contributed by atoms with Gasteiger partial charge in [-0.3, -0.25) is 9.10 Å². The lowest BCUT2D eigenvalue weighted by molar-refractivity contribution is 0.102. The van der Waals surface area contributed by atoms with Crippen molar-refractivity contribution in [3.8, 4) is 0 Å². The van der Waals surface area contributed by atoms with Crippen LogP contribution in [0.15, 0.2) is 77.7 Å². The molecule has 184 valence electrons. The first-order valence-electron chi connectivity index (χ1n) is 11.8. The van der Waals surface area contributed by atoms with Gasteiger partial charge in [0.2, 0.25) is 0 Å². The minimum absolute atomic E-state index is 0.0646. The van der Waals surface area contributed by atoms with E-state index in [1.54, 1.807) is 36.4 Å². The Morgan fingerprint density at radius 2 is 1.66 bits per heavy atom. The van der Waals surface area contributed by atoms with E-state index in [9.17, 15) is 13.2 Å². The highest BCUT2D eigenvalue weighted by Gasteiger charge is 2.23. The van der Waals surface area contributed by atoms with Gasteiger partial charge in [0.1, 0.15) is 0 Å². The van der Waals surface area contributed by atoms with Crippen molar-refractivity contribution in [2.24, 2.45) is 0 Å². The first kappa shape index (κ1) is 24.8. The fraction of sp³-hybridized carbons (Fsp3) is 0.296. The predicted molar refractivity (Wildman–Crippen MR) is 142 cm³/mol. The molecule has 3 aromatic rings. The van der Waals surface area contributed by atoms with Gasteiger partial charge in [-0.05, 0) is 67.6 Å². The van der Waals surface area contributed by atoms with Gasteiger partial charge in [0.15, 0.2) is 0 Å². The second-order valence-corrected chi connectivity index (χ2v) is 10.7. The number of carbonyl (C=O) groups excluding carboxylic acids is 1. The molecule has 0 unspecified atom stereocenters. The first-order valence-corrected chi connectivity index (χ1v) is 13.3. The zero-order chi connectivity index (χ0) is 25.0. The molecule has 4 rings (SSSR count). The number of rotatable bonds is 7. The third kappa shape index (κ3) is 5.49. The molecule has 0 aliphatic carbocycles. The molecule has 8 heteroatoms. The van der Waals surface area contributed by atoms with Gasteiger partial charge < -0.3 is 15.1 Å². The zero-order valence-corrected chi connectivity index (χ0v) is 21.3. The van der Waals surface area contributed by atoms with Gasteiger partial charge in [0.25, 0.3) is 15.9 Å². The molecule has 3 aromatic carbocycles. The second kappa shape index (κ2) is 10.5. The standard InChI is InChI=1S/C27H32N4O3S/c1-4-30-15-17-31(18-16-30)24-13-14-26(21(2)19-24)28-27(32)22-9-8-12-25(20-22)35(33,34)29(3)23-10-6-5-7-11-23/h5-14,19-20H,4,15-18H2,1-3H3,(H,28,32). The molecule has 7 nitrogen and oxygen atoms in total. The summed E-state index contributed by atoms with van der Waals surface area (Å²) in [5.74, 6) is -0.350. The van der Waals surface area contributed by atoms with Crippen molar-refractivity contribution in [2.45, 2.75) is 18.7 Å². The van der Waals surface area contributed by atoms with E-state index in [1.165, 1.54) is 23.5 Å². The van der Waals surface area contributed by atoms with Crippen LogP contribution in [0.1, 0.15) is 22.8 Å². The summed E-state index contributed by atoms with van der Waals surface area (Å²) >= 11 is 0. The fourth-order valence-electron chi connectivity index (χ4n) is 4.23. The highest BCUT2D eigenvalue weighted by molar-refractivity contribution is 7.92. The molecule has 1 saturated heterocycles. The average Bonchev–Trinajstić information content (AvgIpc) is 2.90. The number of anilines is 3. The summed E-state index contributed by atoms with van der Waals surface area (Å²) in [5, 5.41) is 2.94. The summed E-state index contributed by atoms with van der Waals surface area (Å²) in [6, 6.07) is 21.0. The number of nitrogens with one attached hydrogen (secondary N) is 1. The number of nitrogens with zero attached hydrogens (tertiary/aromatic N) is 3. The molecule has 1 N–H and O–H groups in total. The summed E-state index contributed by atoms with van der Waals surface area (Å²) in [4.78, 5) is 17.9. The number of likely N-dealkylation sites (N-methyl/N-ethyl adjacent to an activating group) is 1. The van der Waals surface area contributed by atoms with E-state index in [4.69, 9.17) is 0 Å². The Hall–Kier alpha value is -3.36. The van der Waals surface area contributed by atoms with Crippen molar-refractivity contribution in [1.29, 1.82) is 0 Å². The molecule has 0 saturated carbocycles. The maximum absolute atomic E-state index is 13.1. The van der Waals surface area contributed by atoms with Crippen LogP contribution in [-0.2, 0) is 10.0 Å². The Balaban J connectivity index is 1.48. The SMILES string of the molecule is CCN1CCN(c2ccc(NC(=O)c3cccc(S(=O)(=O)N(C)c4ccccc4)c3)c(C)c2)CC1. The van der Waals surface area contributed by atoms with Gasteiger partial charge in [-0.15, -0.1) is 0 Å². The van der Waals surface area contributed by atoms with E-state index < -0.39 is 10.0 Å². The van der Waals surface area contributed by atoms with Gasteiger partial charge in [-0.25, -0.2) is 8.42 Å². The van der Waals surface area contributed by atoms with Crippen LogP contribution in [-0.4, -0.2) is 59.0 Å². The van der Waals surface area contributed by atoms with Gasteiger partial charge in [-0.2, -0.15) is 0 Å². The molecule has 1 fully saturated rings. The quantitative estimate of drug-likeness (QED) is 0.535. The van der Waals surface area contributed by atoms with Crippen LogP contribution in [0.25, 0.3) is 0 Å². The number of hydrogen-bond donors (Lipinski definition) is 1. The topological polar surface area (TPSA) is 73.0 Å². The number of aryl methyl sites for hydroxylation is 1. The number of sulfonamides is 1. The van der Waals surface area contributed by atoms with Crippen LogP contribution in [0.5, 0.6) is 0 Å². The normalized spacial score (nSPS) is 14.5. The Morgan fingerprint density at radius 3 is 2.31 bits per heavy atom. The van der Waals surface area contributed by atoms with Crippen molar-refractivity contribution >= 4 is 33.0 Å². The summed E-state index contributed by atoms with van der Waals surface area (Å²) in [7, 11) is -2.30. The maximum atomic E-state index is 13.1. The number of benzene rings is 3. The molecular formula is C27H32N4O3S. The van der Waals surface area contributed by atoms with Crippen LogP contribution >= 0.6 is 0 Å². The van der Waals surface area contributed by atoms with E-state index >= 15 is 0 Å². The van der Waals surface area contributed by atoms with Crippen LogP contribution in [0.2, 0.25) is 0 Å². The largest absolute Gasteiger partial charge is 0.369 e. The molecule has 1 heterocycles. The number of carbonyl (C=O) groups is 1. The summed E-state index contributed by atoms with van der Waals surface area (Å²) in [5.41, 5.74) is 3.65. The Labute approximate surface area is 208 Å². The predicted octanol–water partition coefficient (Wildman–Crippen LogP) is 4.21. The Kier molecular flexibility index (Phi) is 7.42. The Morgan fingerprint density at radius 1 is 0.943 bits per heavy atom. The Bertz CT molecular complexity index is 1290. The third-order valence-electron chi connectivity index (χ3n) is 6.52. The molecule has 1 aliphatic heterocycles. The van der Waals surface area contributed by atoms with Crippen LogP contribution in [0.4, 0.5) is 17.1 Å². The smallest absolute Gasteiger partial charge is 0.264 e. The highest BCUT2D eigenvalue weighted by Crippen LogP contribution is 2.26. The van der Waals surface area contributed by atoms with Crippen LogP contribution in [0, 0.1) is 6.92 Å². The molecule has 0 bridgehead atoms. The molecule has 0 radical (unpaired) electrons. The average molecular weight is 493 g/mol. The molecule has 0 aromatic heterocycles. The van der Waals surface area contributed by atoms with E-state index in [0.29, 0.717) is 11.4 Å². The van der Waals surface area contributed by atoms with Gasteiger partial charge in [-0.1, -0.05) is 31.2 Å². The van der Waals surface area contributed by atoms with Crippen molar-refractivity contribution in [3.63, 3.8) is 0 Å². The summed E-state index contributed by atoms with van der Waals surface area (Å²) < 4.78 is 27.5. The number of hydrogen-bond acceptors (Lipinski definition) is 5. The molecule has 0 spiro atoms. The lowest BCUT2D eigenvalue weighted by Crippen LogP contribution is -2.46. The minimum atomic E-state index is -3.81. The van der Waals surface area contributed by atoms with Gasteiger partial charge >= 0.3 is 0 Å². The van der Waals surface area contributed by atoms with Crippen molar-refractivity contribution in [1.82, 2.24) is 4.90 Å². The lowest BCUT2D eigenvalue weighted by atomic mass is 10.1. The zero-order valence-electron chi connectivity index (χ0n) is 20.4. The van der Waals surface area contributed by atoms with E-state index in [2.05, 4.69) is 28.1 Å². The second-order valence-electron chi connectivity index (χ2n) is 8.71. The van der Waals surface area contributed by atoms with Gasteiger partial charge in [0.05, 0.1) is 10.6 Å². The minimum Gasteiger partial charge on any atom is -0.369 e. The maximum Gasteiger partial charge on any atom is 0.264 e. The van der Waals surface area contributed by atoms with Gasteiger partial charge in [0, 0.05) is 50.2 Å². The monoisotopic (exact) mass is 492 g/mol. The summed E-state index contributed by atoms with van der Waals surface area (Å²) in [6.07, 6.45) is 0. The molecule has 0 atom stereocenters. The molecule has 35 heavy (non-hydrogen) atoms. The number of piperazine rings is 1. The molecule has 1 amide bonds. The lowest BCUT2D eigenvalue weighted by Gasteiger charge is -2.35. The molecular weight excluding hydrogens is 460 g/mol. The van der Waals surface area contributed by atoms with E-state index in [0.717, 1.165) is 44.0 Å². The summed E-state index contributed by atoms with van der Waals surface area (Å²) in [6.45, 7) is 9.29. The third-order valence-corrected chi connectivity index (χ3v) is 8.30. The van der Waals surface area contributed by atoms with Crippen molar-refractivity contribution in [3.05, 3.63) is 83.9 Å². The van der Waals surface area contributed by atoms with E-state index in [1.807, 2.05) is 25.1 Å². The first-order chi connectivity index (χ1) is 16.8. The van der Waals surface area contributed by atoms with Crippen LogP contribution in [0.3, 0.4) is 0 Å². The highest BCUT2D eigenvalue weighted by atomic mass is 32.2. The van der Waals surface area contributed by atoms with E-state index in [-0.39, 0.29) is 16.4 Å². The molecule has 1 aliphatic rings. The fourth-order valence-corrected chi connectivity index (χ4v) is 5.48. The number of para-hydroxylation sites is 1. The van der Waals surface area contributed by atoms with Crippen LogP contribution < -0.4 is 14.5 Å². The number of amides is 1. The van der Waals surface area contributed by atoms with Crippen molar-refractivity contribution < 1.29 is 13.2 Å².